The number of nitrogens with zero attached hydrogens (tertiary/aromatic N) is 1. The molecule has 0 saturated heterocycles. The third-order valence-corrected chi connectivity index (χ3v) is 4.23. The lowest BCUT2D eigenvalue weighted by atomic mass is 9.88. The molecule has 0 aliphatic rings. The van der Waals surface area contributed by atoms with Gasteiger partial charge >= 0.3 is 5.97 Å². The molecule has 0 bridgehead atoms. The Morgan fingerprint density at radius 3 is 2.09 bits per heavy atom. The zero-order chi connectivity index (χ0) is 16.8. The molecule has 0 aliphatic carbocycles. The molecule has 3 heteroatoms. The molecule has 3 nitrogen and oxygen atoms in total. The van der Waals surface area contributed by atoms with Gasteiger partial charge in [-0.25, -0.2) is 4.79 Å². The Kier molecular flexibility index (Phi) is 7.08. The first-order chi connectivity index (χ1) is 10.4. The summed E-state index contributed by atoms with van der Waals surface area (Å²) in [5, 5.41) is 0. The van der Waals surface area contributed by atoms with E-state index in [0.29, 0.717) is 12.5 Å². The summed E-state index contributed by atoms with van der Waals surface area (Å²) >= 11 is 0. The second-order valence-electron chi connectivity index (χ2n) is 6.26. The number of hydrogen-bond acceptors (Lipinski definition) is 3. The predicted molar refractivity (Wildman–Crippen MR) is 91.9 cm³/mol. The molecule has 0 saturated carbocycles. The second-order valence-corrected chi connectivity index (χ2v) is 6.26. The van der Waals surface area contributed by atoms with Gasteiger partial charge in [0.15, 0.2) is 0 Å². The lowest BCUT2D eigenvalue weighted by molar-refractivity contribution is -0.157. The summed E-state index contributed by atoms with van der Waals surface area (Å²) in [5.74, 6) is 0.459. The molecular formula is C19H31NO2. The predicted octanol–water partition coefficient (Wildman–Crippen LogP) is 4.01. The van der Waals surface area contributed by atoms with Gasteiger partial charge in [0.25, 0.3) is 0 Å². The maximum Gasteiger partial charge on any atom is 0.330 e. The van der Waals surface area contributed by atoms with E-state index in [0.717, 1.165) is 25.1 Å². The van der Waals surface area contributed by atoms with E-state index in [1.165, 1.54) is 5.56 Å². The van der Waals surface area contributed by atoms with Gasteiger partial charge in [-0.2, -0.15) is 0 Å². The van der Waals surface area contributed by atoms with E-state index >= 15 is 0 Å². The van der Waals surface area contributed by atoms with E-state index in [1.807, 2.05) is 13.8 Å². The molecule has 0 fully saturated rings. The van der Waals surface area contributed by atoms with Gasteiger partial charge in [0, 0.05) is 0 Å². The van der Waals surface area contributed by atoms with Crippen LogP contribution < -0.4 is 0 Å². The number of benzene rings is 1. The van der Waals surface area contributed by atoms with Crippen LogP contribution in [0.4, 0.5) is 0 Å². The number of carbonyl (C=O) groups excluding carboxylic acids is 1. The highest BCUT2D eigenvalue weighted by Gasteiger charge is 2.41. The van der Waals surface area contributed by atoms with Crippen molar-refractivity contribution in [2.24, 2.45) is 5.92 Å². The van der Waals surface area contributed by atoms with Crippen molar-refractivity contribution in [2.45, 2.75) is 53.5 Å². The van der Waals surface area contributed by atoms with E-state index in [4.69, 9.17) is 4.74 Å². The first-order valence-corrected chi connectivity index (χ1v) is 8.41. The maximum atomic E-state index is 12.6. The fraction of sp³-hybridized carbons (Fsp3) is 0.632. The Balaban J connectivity index is 3.18. The van der Waals surface area contributed by atoms with E-state index in [1.54, 1.807) is 0 Å². The van der Waals surface area contributed by atoms with Crippen LogP contribution in [0, 0.1) is 5.92 Å². The Hall–Kier alpha value is -1.35. The third kappa shape index (κ3) is 4.10. The Morgan fingerprint density at radius 1 is 1.14 bits per heavy atom. The average molecular weight is 305 g/mol. The minimum atomic E-state index is -0.726. The molecular weight excluding hydrogens is 274 g/mol. The van der Waals surface area contributed by atoms with Crippen molar-refractivity contribution >= 4 is 5.97 Å². The number of ether oxygens (including phenoxy) is 1. The summed E-state index contributed by atoms with van der Waals surface area (Å²) < 4.78 is 5.36. The molecule has 0 N–H and O–H groups in total. The highest BCUT2D eigenvalue weighted by molar-refractivity contribution is 5.82. The van der Waals surface area contributed by atoms with Crippen molar-refractivity contribution in [3.8, 4) is 0 Å². The van der Waals surface area contributed by atoms with Crippen molar-refractivity contribution in [1.82, 2.24) is 4.90 Å². The molecule has 22 heavy (non-hydrogen) atoms. The smallest absolute Gasteiger partial charge is 0.330 e. The van der Waals surface area contributed by atoms with E-state index in [2.05, 4.69) is 56.9 Å². The molecule has 0 aromatic heterocycles. The van der Waals surface area contributed by atoms with Crippen molar-refractivity contribution in [1.29, 1.82) is 0 Å². The van der Waals surface area contributed by atoms with E-state index in [9.17, 15) is 4.79 Å². The monoisotopic (exact) mass is 305 g/mol. The van der Waals surface area contributed by atoms with Gasteiger partial charge in [0.1, 0.15) is 5.54 Å². The topological polar surface area (TPSA) is 29.5 Å². The van der Waals surface area contributed by atoms with Gasteiger partial charge in [0.05, 0.1) is 6.61 Å². The van der Waals surface area contributed by atoms with Crippen molar-refractivity contribution < 1.29 is 9.53 Å². The molecule has 0 heterocycles. The van der Waals surface area contributed by atoms with E-state index < -0.39 is 5.54 Å². The van der Waals surface area contributed by atoms with Gasteiger partial charge in [0.2, 0.25) is 0 Å². The molecule has 1 aromatic rings. The Labute approximate surface area is 135 Å². The summed E-state index contributed by atoms with van der Waals surface area (Å²) in [4.78, 5) is 14.8. The van der Waals surface area contributed by atoms with Crippen LogP contribution in [0.3, 0.4) is 0 Å². The highest BCUT2D eigenvalue weighted by Crippen LogP contribution is 2.30. The molecule has 1 aromatic carbocycles. The standard InChI is InChI=1S/C19H31NO2/c1-7-20(8-2)19(6,18(21)22-9-3)17-12-10-16(11-13-17)14-15(4)5/h10-13,15H,7-9,14H2,1-6H3. The van der Waals surface area contributed by atoms with Crippen LogP contribution in [-0.2, 0) is 21.5 Å². The van der Waals surface area contributed by atoms with Gasteiger partial charge in [-0.1, -0.05) is 52.0 Å². The van der Waals surface area contributed by atoms with Crippen LogP contribution >= 0.6 is 0 Å². The molecule has 0 aliphatic heterocycles. The highest BCUT2D eigenvalue weighted by atomic mass is 16.5. The molecule has 0 amide bonds. The van der Waals surface area contributed by atoms with Gasteiger partial charge in [-0.15, -0.1) is 0 Å². The molecule has 124 valence electrons. The number of hydrogen-bond donors (Lipinski definition) is 0. The van der Waals surface area contributed by atoms with Crippen molar-refractivity contribution in [3.05, 3.63) is 35.4 Å². The first kappa shape index (κ1) is 18.7. The number of likely N-dealkylation sites (N-methyl/N-ethyl adjacent to an activating group) is 1. The van der Waals surface area contributed by atoms with Crippen LogP contribution in [0.1, 0.15) is 52.7 Å². The van der Waals surface area contributed by atoms with Gasteiger partial charge < -0.3 is 4.74 Å². The summed E-state index contributed by atoms with van der Waals surface area (Å²) in [6, 6.07) is 8.42. The normalized spacial score (nSPS) is 14.2. The van der Waals surface area contributed by atoms with E-state index in [-0.39, 0.29) is 5.97 Å². The minimum absolute atomic E-state index is 0.171. The van der Waals surface area contributed by atoms with Crippen LogP contribution in [0.15, 0.2) is 24.3 Å². The molecule has 1 unspecified atom stereocenters. The summed E-state index contributed by atoms with van der Waals surface area (Å²) in [7, 11) is 0. The quantitative estimate of drug-likeness (QED) is 0.680. The second kappa shape index (κ2) is 8.33. The van der Waals surface area contributed by atoms with Crippen molar-refractivity contribution in [2.75, 3.05) is 19.7 Å². The zero-order valence-corrected chi connectivity index (χ0v) is 15.0. The maximum absolute atomic E-state index is 12.6. The summed E-state index contributed by atoms with van der Waals surface area (Å²) in [5.41, 5.74) is 1.59. The Bertz CT molecular complexity index is 463. The summed E-state index contributed by atoms with van der Waals surface area (Å²) in [6.07, 6.45) is 1.06. The largest absolute Gasteiger partial charge is 0.464 e. The fourth-order valence-electron chi connectivity index (χ4n) is 2.99. The minimum Gasteiger partial charge on any atom is -0.464 e. The number of carbonyl (C=O) groups is 1. The SMILES string of the molecule is CCOC(=O)C(C)(c1ccc(CC(C)C)cc1)N(CC)CC. The van der Waals surface area contributed by atoms with Crippen LogP contribution in [0.2, 0.25) is 0 Å². The third-order valence-electron chi connectivity index (χ3n) is 4.23. The zero-order valence-electron chi connectivity index (χ0n) is 15.0. The molecule has 0 radical (unpaired) electrons. The molecule has 0 spiro atoms. The molecule has 1 atom stereocenters. The van der Waals surface area contributed by atoms with Crippen LogP contribution in [0.5, 0.6) is 0 Å². The fourth-order valence-corrected chi connectivity index (χ4v) is 2.99. The van der Waals surface area contributed by atoms with Gasteiger partial charge in [-0.3, -0.25) is 4.90 Å². The Morgan fingerprint density at radius 2 is 1.68 bits per heavy atom. The first-order valence-electron chi connectivity index (χ1n) is 8.41. The lowest BCUT2D eigenvalue weighted by Gasteiger charge is -2.38. The van der Waals surface area contributed by atoms with Crippen LogP contribution in [0.25, 0.3) is 0 Å². The number of rotatable bonds is 8. The van der Waals surface area contributed by atoms with Crippen molar-refractivity contribution in [3.63, 3.8) is 0 Å². The number of esters is 1. The van der Waals surface area contributed by atoms with Crippen LogP contribution in [-0.4, -0.2) is 30.6 Å². The summed E-state index contributed by atoms with van der Waals surface area (Å²) in [6.45, 7) is 14.4. The lowest BCUT2D eigenvalue weighted by Crippen LogP contribution is -2.50. The average Bonchev–Trinajstić information content (AvgIpc) is 2.48. The molecule has 1 rings (SSSR count). The van der Waals surface area contributed by atoms with Gasteiger partial charge in [-0.05, 0) is 50.4 Å².